The van der Waals surface area contributed by atoms with Gasteiger partial charge in [-0.3, -0.25) is 9.69 Å². The Labute approximate surface area is 198 Å². The first-order valence-electron chi connectivity index (χ1n) is 11.6. The van der Waals surface area contributed by atoms with Gasteiger partial charge in [-0.15, -0.1) is 0 Å². The van der Waals surface area contributed by atoms with E-state index >= 15 is 0 Å². The Kier molecular flexibility index (Phi) is 6.49. The van der Waals surface area contributed by atoms with Crippen molar-refractivity contribution >= 4 is 5.91 Å². The first-order chi connectivity index (χ1) is 16.7. The number of hydrogen-bond donors (Lipinski definition) is 1. The minimum absolute atomic E-state index is 0.0340. The summed E-state index contributed by atoms with van der Waals surface area (Å²) in [5.41, 5.74) is 3.09. The second kappa shape index (κ2) is 10.0. The highest BCUT2D eigenvalue weighted by atomic mass is 16.5. The van der Waals surface area contributed by atoms with Gasteiger partial charge in [0.15, 0.2) is 0 Å². The monoisotopic (exact) mass is 456 g/mol. The molecule has 1 aliphatic heterocycles. The maximum Gasteiger partial charge on any atom is 0.241 e. The fourth-order valence-electron chi connectivity index (χ4n) is 4.33. The standard InChI is InChI=1S/C26H28N6O2/c1-19-27-13-16-32(19)23-9-7-20(8-10-23)17-28-26(33)22-11-14-31(15-12-22)18-24-29-25(30-34-24)21-5-3-2-4-6-21/h2-10,13,16,22H,11-12,14-15,17-18H2,1H3,(H,28,33). The van der Waals surface area contributed by atoms with Crippen LogP contribution in [0.25, 0.3) is 17.1 Å². The Morgan fingerprint density at radius 1 is 1.09 bits per heavy atom. The van der Waals surface area contributed by atoms with Gasteiger partial charge in [-0.1, -0.05) is 47.6 Å². The van der Waals surface area contributed by atoms with Crippen molar-refractivity contribution in [2.75, 3.05) is 13.1 Å². The SMILES string of the molecule is Cc1nccn1-c1ccc(CNC(=O)C2CCN(Cc3nc(-c4ccccc4)no3)CC2)cc1. The number of carbonyl (C=O) groups excluding carboxylic acids is 1. The molecule has 1 saturated heterocycles. The number of likely N-dealkylation sites (tertiary alicyclic amines) is 1. The molecule has 2 aromatic heterocycles. The summed E-state index contributed by atoms with van der Waals surface area (Å²) < 4.78 is 7.47. The number of aryl methyl sites for hydroxylation is 1. The molecule has 34 heavy (non-hydrogen) atoms. The Balaban J connectivity index is 1.08. The molecule has 0 aliphatic carbocycles. The van der Waals surface area contributed by atoms with Crippen LogP contribution < -0.4 is 5.32 Å². The smallest absolute Gasteiger partial charge is 0.241 e. The first-order valence-corrected chi connectivity index (χ1v) is 11.6. The van der Waals surface area contributed by atoms with E-state index in [0.29, 0.717) is 24.8 Å². The number of rotatable bonds is 7. The third-order valence-electron chi connectivity index (χ3n) is 6.32. The van der Waals surface area contributed by atoms with E-state index < -0.39 is 0 Å². The minimum Gasteiger partial charge on any atom is -0.352 e. The van der Waals surface area contributed by atoms with E-state index in [1.165, 1.54) is 0 Å². The number of aromatic nitrogens is 4. The van der Waals surface area contributed by atoms with Crippen LogP contribution in [0, 0.1) is 12.8 Å². The second-order valence-corrected chi connectivity index (χ2v) is 8.66. The molecule has 0 atom stereocenters. The van der Waals surface area contributed by atoms with Crippen LogP contribution in [0.15, 0.2) is 71.5 Å². The van der Waals surface area contributed by atoms with Gasteiger partial charge in [-0.25, -0.2) is 4.98 Å². The van der Waals surface area contributed by atoms with Crippen LogP contribution in [0.2, 0.25) is 0 Å². The van der Waals surface area contributed by atoms with Crippen LogP contribution in [0.3, 0.4) is 0 Å². The Hall–Kier alpha value is -3.78. The molecule has 5 rings (SSSR count). The van der Waals surface area contributed by atoms with Gasteiger partial charge in [0, 0.05) is 36.1 Å². The normalized spacial score (nSPS) is 14.9. The van der Waals surface area contributed by atoms with Crippen LogP contribution >= 0.6 is 0 Å². The molecular weight excluding hydrogens is 428 g/mol. The number of carbonyl (C=O) groups is 1. The van der Waals surface area contributed by atoms with Crippen LogP contribution in [-0.4, -0.2) is 43.6 Å². The maximum absolute atomic E-state index is 12.7. The van der Waals surface area contributed by atoms with Crippen LogP contribution in [0.4, 0.5) is 0 Å². The van der Waals surface area contributed by atoms with Gasteiger partial charge < -0.3 is 14.4 Å². The highest BCUT2D eigenvalue weighted by Gasteiger charge is 2.26. The summed E-state index contributed by atoms with van der Waals surface area (Å²) in [7, 11) is 0. The Morgan fingerprint density at radius 2 is 1.85 bits per heavy atom. The summed E-state index contributed by atoms with van der Waals surface area (Å²) in [6, 6.07) is 18.0. The van der Waals surface area contributed by atoms with Crippen molar-refractivity contribution < 1.29 is 9.32 Å². The lowest BCUT2D eigenvalue weighted by molar-refractivity contribution is -0.126. The lowest BCUT2D eigenvalue weighted by Gasteiger charge is -2.30. The molecule has 0 spiro atoms. The summed E-state index contributed by atoms with van der Waals surface area (Å²) in [5.74, 6) is 2.32. The van der Waals surface area contributed by atoms with E-state index in [4.69, 9.17) is 4.52 Å². The van der Waals surface area contributed by atoms with E-state index in [2.05, 4.69) is 37.5 Å². The quantitative estimate of drug-likeness (QED) is 0.456. The molecular formula is C26H28N6O2. The summed E-state index contributed by atoms with van der Waals surface area (Å²) in [6.45, 7) is 4.78. The molecule has 0 bridgehead atoms. The molecule has 174 valence electrons. The second-order valence-electron chi connectivity index (χ2n) is 8.66. The van der Waals surface area contributed by atoms with Gasteiger partial charge in [0.1, 0.15) is 5.82 Å². The van der Waals surface area contributed by atoms with Gasteiger partial charge in [0.25, 0.3) is 0 Å². The topological polar surface area (TPSA) is 89.1 Å². The van der Waals surface area contributed by atoms with Crippen LogP contribution in [0.5, 0.6) is 0 Å². The molecule has 4 aromatic rings. The Morgan fingerprint density at radius 3 is 2.56 bits per heavy atom. The maximum atomic E-state index is 12.7. The number of nitrogens with one attached hydrogen (secondary N) is 1. The molecule has 1 amide bonds. The van der Waals surface area contributed by atoms with Crippen molar-refractivity contribution in [3.8, 4) is 17.1 Å². The lowest BCUT2D eigenvalue weighted by atomic mass is 9.96. The molecule has 0 saturated carbocycles. The van der Waals surface area contributed by atoms with E-state index in [0.717, 1.165) is 48.6 Å². The van der Waals surface area contributed by atoms with E-state index in [-0.39, 0.29) is 11.8 Å². The molecule has 0 unspecified atom stereocenters. The molecule has 8 heteroatoms. The highest BCUT2D eigenvalue weighted by molar-refractivity contribution is 5.78. The van der Waals surface area contributed by atoms with Crippen molar-refractivity contribution in [2.45, 2.75) is 32.9 Å². The largest absolute Gasteiger partial charge is 0.352 e. The number of amides is 1. The van der Waals surface area contributed by atoms with E-state index in [9.17, 15) is 4.79 Å². The van der Waals surface area contributed by atoms with E-state index in [1.807, 2.05) is 60.2 Å². The predicted molar refractivity (Wildman–Crippen MR) is 128 cm³/mol. The summed E-state index contributed by atoms with van der Waals surface area (Å²) in [4.78, 5) is 23.8. The van der Waals surface area contributed by atoms with Crippen molar-refractivity contribution in [2.24, 2.45) is 5.92 Å². The predicted octanol–water partition coefficient (Wildman–Crippen LogP) is 3.76. The van der Waals surface area contributed by atoms with Gasteiger partial charge in [0.2, 0.25) is 17.6 Å². The first kappa shape index (κ1) is 22.0. The zero-order valence-electron chi connectivity index (χ0n) is 19.2. The lowest BCUT2D eigenvalue weighted by Crippen LogP contribution is -2.40. The summed E-state index contributed by atoms with van der Waals surface area (Å²) in [5, 5.41) is 7.19. The fourth-order valence-corrected chi connectivity index (χ4v) is 4.33. The Bertz CT molecular complexity index is 1220. The number of nitrogens with zero attached hydrogens (tertiary/aromatic N) is 5. The average Bonchev–Trinajstić information content (AvgIpc) is 3.53. The molecule has 1 aliphatic rings. The van der Waals surface area contributed by atoms with Crippen LogP contribution in [0.1, 0.15) is 30.1 Å². The van der Waals surface area contributed by atoms with E-state index in [1.54, 1.807) is 6.20 Å². The third-order valence-corrected chi connectivity index (χ3v) is 6.32. The minimum atomic E-state index is 0.0340. The highest BCUT2D eigenvalue weighted by Crippen LogP contribution is 2.21. The van der Waals surface area contributed by atoms with Crippen molar-refractivity contribution in [3.05, 3.63) is 84.3 Å². The number of piperidine rings is 1. The van der Waals surface area contributed by atoms with Gasteiger partial charge in [0.05, 0.1) is 6.54 Å². The van der Waals surface area contributed by atoms with Gasteiger partial charge in [-0.2, -0.15) is 4.98 Å². The number of hydrogen-bond acceptors (Lipinski definition) is 6. The summed E-state index contributed by atoms with van der Waals surface area (Å²) >= 11 is 0. The van der Waals surface area contributed by atoms with Crippen molar-refractivity contribution in [3.63, 3.8) is 0 Å². The molecule has 0 radical (unpaired) electrons. The zero-order chi connectivity index (χ0) is 23.3. The van der Waals surface area contributed by atoms with Gasteiger partial charge in [-0.05, 0) is 50.6 Å². The molecule has 2 aromatic carbocycles. The van der Waals surface area contributed by atoms with Crippen molar-refractivity contribution in [1.29, 1.82) is 0 Å². The zero-order valence-corrected chi connectivity index (χ0v) is 19.2. The van der Waals surface area contributed by atoms with Gasteiger partial charge >= 0.3 is 0 Å². The third kappa shape index (κ3) is 5.07. The number of imidazole rings is 1. The average molecular weight is 457 g/mol. The molecule has 8 nitrogen and oxygen atoms in total. The fraction of sp³-hybridized carbons (Fsp3) is 0.308. The summed E-state index contributed by atoms with van der Waals surface area (Å²) in [6.07, 6.45) is 5.38. The molecule has 3 heterocycles. The number of benzene rings is 2. The van der Waals surface area contributed by atoms with Crippen LogP contribution in [-0.2, 0) is 17.9 Å². The van der Waals surface area contributed by atoms with Crippen molar-refractivity contribution in [1.82, 2.24) is 29.9 Å². The molecule has 1 fully saturated rings. The molecule has 1 N–H and O–H groups in total.